The maximum Gasteiger partial charge on any atom is 0.319 e. The Labute approximate surface area is 113 Å². The van der Waals surface area contributed by atoms with E-state index >= 15 is 0 Å². The first-order valence-electron chi connectivity index (χ1n) is 6.33. The van der Waals surface area contributed by atoms with Gasteiger partial charge in [0.15, 0.2) is 6.79 Å². The highest BCUT2D eigenvalue weighted by Crippen LogP contribution is 2.30. The van der Waals surface area contributed by atoms with Crippen molar-refractivity contribution in [2.24, 2.45) is 0 Å². The van der Waals surface area contributed by atoms with Crippen molar-refractivity contribution < 1.29 is 9.47 Å². The molecule has 1 aromatic heterocycles. The predicted octanol–water partition coefficient (Wildman–Crippen LogP) is 3.15. The summed E-state index contributed by atoms with van der Waals surface area (Å²) in [6.07, 6.45) is 0. The van der Waals surface area contributed by atoms with Crippen LogP contribution in [0.4, 0.5) is 0 Å². The van der Waals surface area contributed by atoms with E-state index in [1.54, 1.807) is 7.11 Å². The van der Waals surface area contributed by atoms with E-state index in [9.17, 15) is 0 Å². The van der Waals surface area contributed by atoms with Gasteiger partial charge in [-0.25, -0.2) is 0 Å². The topological polar surface area (TPSA) is 44.2 Å². The molecule has 2 rings (SSSR count). The van der Waals surface area contributed by atoms with Crippen LogP contribution in [-0.2, 0) is 4.74 Å². The quantitative estimate of drug-likeness (QED) is 0.795. The number of ether oxygens (including phenoxy) is 2. The minimum absolute atomic E-state index is 0.161. The lowest BCUT2D eigenvalue weighted by Crippen LogP contribution is -2.06. The normalized spacial score (nSPS) is 11.1. The Morgan fingerprint density at radius 1 is 0.842 bits per heavy atom. The van der Waals surface area contributed by atoms with Gasteiger partial charge in [0.1, 0.15) is 0 Å². The summed E-state index contributed by atoms with van der Waals surface area (Å²) in [7, 11) is 1.58. The summed E-state index contributed by atoms with van der Waals surface area (Å²) >= 11 is 0. The summed E-state index contributed by atoms with van der Waals surface area (Å²) in [6, 6.07) is 0.373. The van der Waals surface area contributed by atoms with E-state index in [0.717, 1.165) is 16.6 Å². The van der Waals surface area contributed by atoms with Gasteiger partial charge in [-0.2, -0.15) is 9.97 Å². The van der Waals surface area contributed by atoms with Crippen molar-refractivity contribution in [2.75, 3.05) is 13.9 Å². The molecule has 0 saturated heterocycles. The lowest BCUT2D eigenvalue weighted by molar-refractivity contribution is 0.0444. The van der Waals surface area contributed by atoms with Gasteiger partial charge in [0.2, 0.25) is 0 Å². The van der Waals surface area contributed by atoms with Crippen LogP contribution < -0.4 is 4.74 Å². The second-order valence-corrected chi connectivity index (χ2v) is 4.87. The molecule has 102 valence electrons. The Balaban J connectivity index is 2.74. The van der Waals surface area contributed by atoms with Crippen LogP contribution in [-0.4, -0.2) is 23.9 Å². The van der Waals surface area contributed by atoms with Crippen LogP contribution in [0.2, 0.25) is 0 Å². The third-order valence-electron chi connectivity index (χ3n) is 3.79. The molecule has 0 aliphatic rings. The third kappa shape index (κ3) is 2.28. The molecule has 4 nitrogen and oxygen atoms in total. The van der Waals surface area contributed by atoms with Gasteiger partial charge >= 0.3 is 6.01 Å². The molecule has 0 spiro atoms. The minimum Gasteiger partial charge on any atom is -0.436 e. The van der Waals surface area contributed by atoms with E-state index in [-0.39, 0.29) is 6.79 Å². The molecular weight excluding hydrogens is 240 g/mol. The fourth-order valence-electron chi connectivity index (χ4n) is 2.37. The van der Waals surface area contributed by atoms with Crippen LogP contribution in [0.5, 0.6) is 6.01 Å². The number of nitrogens with zero attached hydrogens (tertiary/aromatic N) is 2. The van der Waals surface area contributed by atoms with E-state index in [4.69, 9.17) is 9.47 Å². The first kappa shape index (κ1) is 13.7. The van der Waals surface area contributed by atoms with E-state index in [1.807, 2.05) is 6.92 Å². The first-order valence-corrected chi connectivity index (χ1v) is 6.33. The van der Waals surface area contributed by atoms with Crippen molar-refractivity contribution in [3.8, 4) is 6.01 Å². The molecule has 0 aliphatic carbocycles. The van der Waals surface area contributed by atoms with E-state index in [2.05, 4.69) is 37.7 Å². The molecule has 0 radical (unpaired) electrons. The lowest BCUT2D eigenvalue weighted by atomic mass is 9.94. The maximum absolute atomic E-state index is 5.36. The largest absolute Gasteiger partial charge is 0.436 e. The van der Waals surface area contributed by atoms with Gasteiger partial charge < -0.3 is 9.47 Å². The number of methoxy groups -OCH3 is 1. The van der Waals surface area contributed by atoms with Crippen LogP contribution in [0.1, 0.15) is 27.9 Å². The number of aryl methyl sites for hydroxylation is 3. The summed E-state index contributed by atoms with van der Waals surface area (Å²) in [5.41, 5.74) is 6.93. The first-order chi connectivity index (χ1) is 8.97. The second kappa shape index (κ2) is 5.13. The molecule has 0 bridgehead atoms. The van der Waals surface area contributed by atoms with Crippen molar-refractivity contribution in [3.05, 3.63) is 27.9 Å². The number of fused-ring (bicyclic) bond motifs is 1. The smallest absolute Gasteiger partial charge is 0.319 e. The highest BCUT2D eigenvalue weighted by Gasteiger charge is 2.14. The Kier molecular flexibility index (Phi) is 3.71. The molecule has 2 aromatic rings. The molecule has 0 fully saturated rings. The highest BCUT2D eigenvalue weighted by molar-refractivity contribution is 5.89. The van der Waals surface area contributed by atoms with Gasteiger partial charge in [-0.05, 0) is 56.9 Å². The molecule has 0 amide bonds. The Bertz CT molecular complexity index is 636. The molecule has 4 heteroatoms. The van der Waals surface area contributed by atoms with Crippen molar-refractivity contribution in [1.29, 1.82) is 0 Å². The van der Waals surface area contributed by atoms with Gasteiger partial charge in [-0.1, -0.05) is 0 Å². The maximum atomic E-state index is 5.36. The second-order valence-electron chi connectivity index (χ2n) is 4.87. The van der Waals surface area contributed by atoms with Crippen LogP contribution in [0.25, 0.3) is 10.9 Å². The molecule has 0 saturated carbocycles. The van der Waals surface area contributed by atoms with Gasteiger partial charge in [0.05, 0.1) is 11.2 Å². The fourth-order valence-corrected chi connectivity index (χ4v) is 2.37. The summed E-state index contributed by atoms with van der Waals surface area (Å²) in [4.78, 5) is 8.92. The van der Waals surface area contributed by atoms with Crippen molar-refractivity contribution in [2.45, 2.75) is 34.6 Å². The molecule has 0 N–H and O–H groups in total. The van der Waals surface area contributed by atoms with E-state index < -0.39 is 0 Å². The van der Waals surface area contributed by atoms with E-state index in [1.165, 1.54) is 22.3 Å². The van der Waals surface area contributed by atoms with Crippen LogP contribution in [0, 0.1) is 34.6 Å². The van der Waals surface area contributed by atoms with E-state index in [0.29, 0.717) is 6.01 Å². The fraction of sp³-hybridized carbons (Fsp3) is 0.467. The van der Waals surface area contributed by atoms with Crippen LogP contribution in [0.15, 0.2) is 0 Å². The zero-order valence-electron chi connectivity index (χ0n) is 12.4. The zero-order chi connectivity index (χ0) is 14.2. The summed E-state index contributed by atoms with van der Waals surface area (Å²) < 4.78 is 10.3. The predicted molar refractivity (Wildman–Crippen MR) is 75.7 cm³/mol. The SMILES string of the molecule is COCOc1nc(C)c2c(C)c(C)c(C)c(C)c2n1. The van der Waals surface area contributed by atoms with Gasteiger partial charge in [-0.3, -0.25) is 0 Å². The summed E-state index contributed by atoms with van der Waals surface area (Å²) in [5.74, 6) is 0. The number of rotatable bonds is 3. The Morgan fingerprint density at radius 2 is 1.47 bits per heavy atom. The van der Waals surface area contributed by atoms with Gasteiger partial charge in [0, 0.05) is 12.5 Å². The third-order valence-corrected chi connectivity index (χ3v) is 3.79. The van der Waals surface area contributed by atoms with Crippen molar-refractivity contribution >= 4 is 10.9 Å². The van der Waals surface area contributed by atoms with Crippen LogP contribution in [0.3, 0.4) is 0 Å². The average molecular weight is 260 g/mol. The highest BCUT2D eigenvalue weighted by atomic mass is 16.7. The number of benzene rings is 1. The average Bonchev–Trinajstić information content (AvgIpc) is 2.39. The van der Waals surface area contributed by atoms with Crippen LogP contribution >= 0.6 is 0 Å². The molecular formula is C15H20N2O2. The molecule has 0 unspecified atom stereocenters. The summed E-state index contributed by atoms with van der Waals surface area (Å²) in [5, 5.41) is 1.13. The minimum atomic E-state index is 0.161. The van der Waals surface area contributed by atoms with Gasteiger partial charge in [-0.15, -0.1) is 0 Å². The Morgan fingerprint density at radius 3 is 2.11 bits per heavy atom. The van der Waals surface area contributed by atoms with Crippen molar-refractivity contribution in [3.63, 3.8) is 0 Å². The Hall–Kier alpha value is -1.68. The molecule has 1 heterocycles. The molecule has 1 aromatic carbocycles. The van der Waals surface area contributed by atoms with Crippen molar-refractivity contribution in [1.82, 2.24) is 9.97 Å². The molecule has 19 heavy (non-hydrogen) atoms. The lowest BCUT2D eigenvalue weighted by Gasteiger charge is -2.15. The number of hydrogen-bond acceptors (Lipinski definition) is 4. The zero-order valence-corrected chi connectivity index (χ0v) is 12.4. The van der Waals surface area contributed by atoms with Gasteiger partial charge in [0.25, 0.3) is 0 Å². The monoisotopic (exact) mass is 260 g/mol. The number of aromatic nitrogens is 2. The molecule has 0 atom stereocenters. The summed E-state index contributed by atoms with van der Waals surface area (Å²) in [6.45, 7) is 10.6. The molecule has 0 aliphatic heterocycles. The standard InChI is InChI=1S/C15H20N2O2/c1-8-9(2)11(4)14-13(10(8)3)12(5)16-15(17-14)19-7-18-6/h7H2,1-6H3. The number of hydrogen-bond donors (Lipinski definition) is 0.